The molecule has 2 aromatic carbocycles. The molecule has 2 amide bonds. The lowest BCUT2D eigenvalue weighted by Gasteiger charge is -2.44. The van der Waals surface area contributed by atoms with Crippen molar-refractivity contribution in [2.75, 3.05) is 13.7 Å². The Morgan fingerprint density at radius 1 is 1.03 bits per heavy atom. The van der Waals surface area contributed by atoms with Crippen molar-refractivity contribution in [2.24, 2.45) is 0 Å². The van der Waals surface area contributed by atoms with Crippen molar-refractivity contribution in [3.8, 4) is 5.75 Å². The van der Waals surface area contributed by atoms with E-state index in [-0.39, 0.29) is 24.4 Å². The summed E-state index contributed by atoms with van der Waals surface area (Å²) in [7, 11) is 1.60. The van der Waals surface area contributed by atoms with Crippen LogP contribution in [-0.2, 0) is 16.1 Å². The van der Waals surface area contributed by atoms with E-state index in [1.165, 1.54) is 6.42 Å². The second-order valence-electron chi connectivity index (χ2n) is 8.05. The van der Waals surface area contributed by atoms with E-state index in [1.807, 2.05) is 53.4 Å². The van der Waals surface area contributed by atoms with E-state index in [0.29, 0.717) is 17.3 Å². The summed E-state index contributed by atoms with van der Waals surface area (Å²) in [4.78, 5) is 30.5. The SMILES string of the molecule is COc1cccc(C2C(=O)N(C3CCCCC3)CC(=O)N2Cc2ccccc2Cl)c1. The Labute approximate surface area is 182 Å². The first-order valence-corrected chi connectivity index (χ1v) is 10.9. The molecule has 0 N–H and O–H groups in total. The highest BCUT2D eigenvalue weighted by molar-refractivity contribution is 6.31. The maximum atomic E-state index is 13.7. The molecular formula is C24H27ClN2O3. The Hall–Kier alpha value is -2.53. The van der Waals surface area contributed by atoms with Crippen LogP contribution in [0.3, 0.4) is 0 Å². The fraction of sp³-hybridized carbons (Fsp3) is 0.417. The number of benzene rings is 2. The number of halogens is 1. The lowest BCUT2D eigenvalue weighted by atomic mass is 9.91. The van der Waals surface area contributed by atoms with Gasteiger partial charge in [0.1, 0.15) is 18.3 Å². The number of methoxy groups -OCH3 is 1. The molecule has 30 heavy (non-hydrogen) atoms. The molecule has 0 spiro atoms. The molecule has 0 aromatic heterocycles. The molecule has 0 bridgehead atoms. The average molecular weight is 427 g/mol. The highest BCUT2D eigenvalue weighted by Crippen LogP contribution is 2.35. The van der Waals surface area contributed by atoms with Gasteiger partial charge in [0, 0.05) is 17.6 Å². The summed E-state index contributed by atoms with van der Waals surface area (Å²) < 4.78 is 5.37. The predicted molar refractivity (Wildman–Crippen MR) is 116 cm³/mol. The van der Waals surface area contributed by atoms with Crippen molar-refractivity contribution < 1.29 is 14.3 Å². The van der Waals surface area contributed by atoms with E-state index in [2.05, 4.69) is 0 Å². The van der Waals surface area contributed by atoms with Crippen LogP contribution in [0.5, 0.6) is 5.75 Å². The van der Waals surface area contributed by atoms with Crippen molar-refractivity contribution >= 4 is 23.4 Å². The molecule has 1 aliphatic heterocycles. The Balaban J connectivity index is 1.71. The third-order valence-corrected chi connectivity index (χ3v) is 6.55. The third kappa shape index (κ3) is 4.17. The highest BCUT2D eigenvalue weighted by Gasteiger charge is 2.43. The predicted octanol–water partition coefficient (Wildman–Crippen LogP) is 4.59. The van der Waals surface area contributed by atoms with E-state index < -0.39 is 6.04 Å². The van der Waals surface area contributed by atoms with Gasteiger partial charge < -0.3 is 14.5 Å². The molecule has 6 heteroatoms. The smallest absolute Gasteiger partial charge is 0.250 e. The van der Waals surface area contributed by atoms with Crippen LogP contribution < -0.4 is 4.74 Å². The molecule has 0 radical (unpaired) electrons. The van der Waals surface area contributed by atoms with Crippen LogP contribution in [-0.4, -0.2) is 41.3 Å². The molecule has 5 nitrogen and oxygen atoms in total. The number of amides is 2. The molecule has 1 saturated heterocycles. The van der Waals surface area contributed by atoms with E-state index in [4.69, 9.17) is 16.3 Å². The zero-order chi connectivity index (χ0) is 21.1. The number of carbonyl (C=O) groups is 2. The van der Waals surface area contributed by atoms with Gasteiger partial charge >= 0.3 is 0 Å². The zero-order valence-electron chi connectivity index (χ0n) is 17.2. The number of ether oxygens (including phenoxy) is 1. The standard InChI is InChI=1S/C24H27ClN2O3/c1-30-20-12-7-9-17(14-20)23-24(29)26(19-10-3-2-4-11-19)16-22(28)27(23)15-18-8-5-6-13-21(18)25/h5-9,12-14,19,23H,2-4,10-11,15-16H2,1H3. The normalized spacial score (nSPS) is 20.5. The lowest BCUT2D eigenvalue weighted by molar-refractivity contribution is -0.160. The van der Waals surface area contributed by atoms with Crippen LogP contribution in [0.1, 0.15) is 49.3 Å². The first-order valence-electron chi connectivity index (χ1n) is 10.6. The fourth-order valence-corrected chi connectivity index (χ4v) is 4.77. The van der Waals surface area contributed by atoms with Crippen molar-refractivity contribution in [2.45, 2.75) is 50.7 Å². The Morgan fingerprint density at radius 2 is 1.80 bits per heavy atom. The van der Waals surface area contributed by atoms with Gasteiger partial charge in [0.15, 0.2) is 0 Å². The number of piperazine rings is 1. The molecule has 2 aliphatic rings. The van der Waals surface area contributed by atoms with Crippen LogP contribution in [0, 0.1) is 0 Å². The van der Waals surface area contributed by atoms with Crippen LogP contribution in [0.25, 0.3) is 0 Å². The average Bonchev–Trinajstić information content (AvgIpc) is 2.78. The monoisotopic (exact) mass is 426 g/mol. The fourth-order valence-electron chi connectivity index (χ4n) is 4.57. The summed E-state index contributed by atoms with van der Waals surface area (Å²) in [5, 5.41) is 0.594. The maximum absolute atomic E-state index is 13.7. The van der Waals surface area contributed by atoms with Crippen LogP contribution in [0.4, 0.5) is 0 Å². The Bertz CT molecular complexity index is 926. The molecule has 158 valence electrons. The van der Waals surface area contributed by atoms with Gasteiger partial charge in [-0.1, -0.05) is 61.2 Å². The number of hydrogen-bond acceptors (Lipinski definition) is 3. The summed E-state index contributed by atoms with van der Waals surface area (Å²) in [5.41, 5.74) is 1.60. The molecule has 1 saturated carbocycles. The van der Waals surface area contributed by atoms with Gasteiger partial charge in [0.25, 0.3) is 5.91 Å². The topological polar surface area (TPSA) is 49.9 Å². The van der Waals surface area contributed by atoms with Gasteiger partial charge in [-0.05, 0) is 42.2 Å². The Morgan fingerprint density at radius 3 is 2.53 bits per heavy atom. The first-order chi connectivity index (χ1) is 14.6. The summed E-state index contributed by atoms with van der Waals surface area (Å²) in [6.07, 6.45) is 5.35. The largest absolute Gasteiger partial charge is 0.497 e. The third-order valence-electron chi connectivity index (χ3n) is 6.18. The second kappa shape index (κ2) is 9.09. The van der Waals surface area contributed by atoms with Crippen LogP contribution in [0.2, 0.25) is 5.02 Å². The van der Waals surface area contributed by atoms with Crippen LogP contribution >= 0.6 is 11.6 Å². The van der Waals surface area contributed by atoms with Crippen LogP contribution in [0.15, 0.2) is 48.5 Å². The minimum Gasteiger partial charge on any atom is -0.497 e. The highest BCUT2D eigenvalue weighted by atomic mass is 35.5. The molecule has 1 atom stereocenters. The molecular weight excluding hydrogens is 400 g/mol. The number of carbonyl (C=O) groups excluding carboxylic acids is 2. The van der Waals surface area contributed by atoms with Gasteiger partial charge in [0.05, 0.1) is 7.11 Å². The van der Waals surface area contributed by atoms with E-state index in [9.17, 15) is 9.59 Å². The summed E-state index contributed by atoms with van der Waals surface area (Å²) >= 11 is 6.37. The van der Waals surface area contributed by atoms with Gasteiger partial charge in [-0.3, -0.25) is 9.59 Å². The van der Waals surface area contributed by atoms with Crippen molar-refractivity contribution in [3.63, 3.8) is 0 Å². The van der Waals surface area contributed by atoms with Crippen molar-refractivity contribution in [1.82, 2.24) is 9.80 Å². The zero-order valence-corrected chi connectivity index (χ0v) is 18.0. The van der Waals surface area contributed by atoms with Gasteiger partial charge in [-0.15, -0.1) is 0 Å². The maximum Gasteiger partial charge on any atom is 0.250 e. The van der Waals surface area contributed by atoms with E-state index >= 15 is 0 Å². The minimum atomic E-state index is -0.681. The Kier molecular flexibility index (Phi) is 6.28. The summed E-state index contributed by atoms with van der Waals surface area (Å²) in [6, 6.07) is 14.4. The summed E-state index contributed by atoms with van der Waals surface area (Å²) in [6.45, 7) is 0.430. The molecule has 2 aromatic rings. The number of hydrogen-bond donors (Lipinski definition) is 0. The van der Waals surface area contributed by atoms with Gasteiger partial charge in [0.2, 0.25) is 5.91 Å². The van der Waals surface area contributed by atoms with Gasteiger partial charge in [-0.25, -0.2) is 0 Å². The lowest BCUT2D eigenvalue weighted by Crippen LogP contribution is -2.58. The molecule has 1 heterocycles. The van der Waals surface area contributed by atoms with Gasteiger partial charge in [-0.2, -0.15) is 0 Å². The molecule has 1 aliphatic carbocycles. The van der Waals surface area contributed by atoms with Crippen molar-refractivity contribution in [1.29, 1.82) is 0 Å². The quantitative estimate of drug-likeness (QED) is 0.702. The first kappa shape index (κ1) is 20.7. The molecule has 1 unspecified atom stereocenters. The number of rotatable bonds is 5. The van der Waals surface area contributed by atoms with Crippen molar-refractivity contribution in [3.05, 3.63) is 64.7 Å². The number of nitrogens with zero attached hydrogens (tertiary/aromatic N) is 2. The van der Waals surface area contributed by atoms with E-state index in [0.717, 1.165) is 36.8 Å². The van der Waals surface area contributed by atoms with E-state index in [1.54, 1.807) is 12.0 Å². The molecule has 2 fully saturated rings. The molecule has 4 rings (SSSR count). The second-order valence-corrected chi connectivity index (χ2v) is 8.46. The minimum absolute atomic E-state index is 0.0122. The summed E-state index contributed by atoms with van der Waals surface area (Å²) in [5.74, 6) is 0.606.